The van der Waals surface area contributed by atoms with Gasteiger partial charge in [-0.3, -0.25) is 28.8 Å². The van der Waals surface area contributed by atoms with Crippen LogP contribution in [0.2, 0.25) is 0 Å². The number of aliphatic hydroxyl groups excluding tert-OH is 1. The molecule has 13 nitrogen and oxygen atoms in total. The van der Waals surface area contributed by atoms with Gasteiger partial charge in [-0.05, 0) is 90.9 Å². The lowest BCUT2D eigenvalue weighted by atomic mass is 9.88. The summed E-state index contributed by atoms with van der Waals surface area (Å²) in [6.45, 7) is 12.2. The molecule has 1 aliphatic carbocycles. The van der Waals surface area contributed by atoms with Crippen LogP contribution in [0.5, 0.6) is 0 Å². The van der Waals surface area contributed by atoms with E-state index in [1.54, 1.807) is 0 Å². The van der Waals surface area contributed by atoms with Crippen molar-refractivity contribution in [3.63, 3.8) is 0 Å². The predicted octanol–water partition coefficient (Wildman–Crippen LogP) is 3.37. The number of Topliss-reactive ketones (excluding diaryl/α,β-unsaturated/α-hetero) is 1. The first-order valence-corrected chi connectivity index (χ1v) is 20.7. The van der Waals surface area contributed by atoms with Gasteiger partial charge in [0.25, 0.3) is 0 Å². The van der Waals surface area contributed by atoms with Gasteiger partial charge in [0.1, 0.15) is 30.2 Å². The third-order valence-corrected chi connectivity index (χ3v) is 10.7. The second-order valence-corrected chi connectivity index (χ2v) is 15.7. The van der Waals surface area contributed by atoms with Crippen molar-refractivity contribution >= 4 is 35.3 Å². The molecule has 0 bridgehead atoms. The van der Waals surface area contributed by atoms with Crippen LogP contribution in [0.1, 0.15) is 104 Å². The van der Waals surface area contributed by atoms with Crippen LogP contribution in [-0.2, 0) is 41.6 Å². The van der Waals surface area contributed by atoms with Crippen molar-refractivity contribution in [2.45, 2.75) is 148 Å². The maximum absolute atomic E-state index is 14.1. The normalized spacial score (nSPS) is 16.4. The Kier molecular flexibility index (Phi) is 19.9. The Balaban J connectivity index is 1.79. The number of hydrogen-bond acceptors (Lipinski definition) is 8. The molecule has 314 valence electrons. The van der Waals surface area contributed by atoms with Crippen LogP contribution in [0.3, 0.4) is 0 Å². The molecular weight excluding hydrogens is 725 g/mol. The number of hydrogen-bond donors (Lipinski definition) is 6. The number of carbonyl (C=O) groups is 6. The number of ketones is 1. The Morgan fingerprint density at radius 1 is 0.667 bits per heavy atom. The van der Waals surface area contributed by atoms with E-state index in [0.29, 0.717) is 12.5 Å². The molecule has 3 unspecified atom stereocenters. The van der Waals surface area contributed by atoms with Gasteiger partial charge in [-0.1, -0.05) is 86.8 Å². The van der Waals surface area contributed by atoms with Crippen molar-refractivity contribution in [2.24, 2.45) is 5.92 Å². The van der Waals surface area contributed by atoms with Crippen molar-refractivity contribution in [1.29, 1.82) is 0 Å². The Hall–Kier alpha value is -4.62. The zero-order chi connectivity index (χ0) is 41.9. The molecule has 2 aromatic carbocycles. The number of nitrogens with one attached hydrogen (secondary N) is 5. The molecule has 13 heteroatoms. The molecule has 2 aromatic rings. The Bertz CT molecular complexity index is 1580. The fourth-order valence-electron chi connectivity index (χ4n) is 7.25. The number of amides is 5. The van der Waals surface area contributed by atoms with Gasteiger partial charge < -0.3 is 36.6 Å². The highest BCUT2D eigenvalue weighted by molar-refractivity contribution is 5.96. The van der Waals surface area contributed by atoms with E-state index in [-0.39, 0.29) is 31.1 Å². The third-order valence-electron chi connectivity index (χ3n) is 10.7. The summed E-state index contributed by atoms with van der Waals surface area (Å²) < 4.78 is 0. The molecule has 0 spiro atoms. The Morgan fingerprint density at radius 2 is 1.18 bits per heavy atom. The topological polar surface area (TPSA) is 186 Å². The lowest BCUT2D eigenvalue weighted by molar-refractivity contribution is -0.135. The molecule has 0 radical (unpaired) electrons. The van der Waals surface area contributed by atoms with E-state index in [1.807, 2.05) is 60.7 Å². The zero-order valence-electron chi connectivity index (χ0n) is 34.7. The molecule has 0 aromatic heterocycles. The zero-order valence-corrected chi connectivity index (χ0v) is 34.7. The van der Waals surface area contributed by atoms with Gasteiger partial charge in [0.05, 0.1) is 6.10 Å². The maximum atomic E-state index is 14.1. The first-order valence-electron chi connectivity index (χ1n) is 20.7. The van der Waals surface area contributed by atoms with Crippen molar-refractivity contribution in [1.82, 2.24) is 31.5 Å². The van der Waals surface area contributed by atoms with Gasteiger partial charge in [0.2, 0.25) is 29.5 Å². The number of nitrogens with zero attached hydrogens (tertiary/aromatic N) is 1. The van der Waals surface area contributed by atoms with Crippen LogP contribution in [0, 0.1) is 5.92 Å². The summed E-state index contributed by atoms with van der Waals surface area (Å²) in [7, 11) is 0. The fourth-order valence-corrected chi connectivity index (χ4v) is 7.25. The van der Waals surface area contributed by atoms with Gasteiger partial charge in [-0.25, -0.2) is 0 Å². The van der Waals surface area contributed by atoms with Crippen LogP contribution >= 0.6 is 0 Å². The lowest BCUT2D eigenvalue weighted by Crippen LogP contribution is -2.59. The summed E-state index contributed by atoms with van der Waals surface area (Å²) >= 11 is 0. The molecule has 6 atom stereocenters. The van der Waals surface area contributed by atoms with E-state index in [9.17, 15) is 33.9 Å². The van der Waals surface area contributed by atoms with Crippen LogP contribution < -0.4 is 26.6 Å². The van der Waals surface area contributed by atoms with Crippen LogP contribution in [0.25, 0.3) is 0 Å². The predicted molar refractivity (Wildman–Crippen MR) is 221 cm³/mol. The summed E-state index contributed by atoms with van der Waals surface area (Å²) in [6, 6.07) is 13.4. The smallest absolute Gasteiger partial charge is 0.243 e. The summed E-state index contributed by atoms with van der Waals surface area (Å²) in [5.74, 6) is -3.16. The molecule has 0 saturated heterocycles. The quantitative estimate of drug-likeness (QED) is 0.0926. The van der Waals surface area contributed by atoms with E-state index < -0.39 is 65.7 Å². The SMILES string of the molecule is CCN(CCCC[C@H](NC(=O)C(Cc1ccccc1)NC(=O)[C@H](C)NC(=O)C(Cc1ccccc1)NC(=O)C1CCCCC1)C(=O)NC(C(C)=O)[C@@H](C)O)C(C)C. The maximum Gasteiger partial charge on any atom is 0.243 e. The minimum atomic E-state index is -1.16. The van der Waals surface area contributed by atoms with E-state index >= 15 is 0 Å². The number of carbonyl (C=O) groups excluding carboxylic acids is 6. The van der Waals surface area contributed by atoms with Gasteiger partial charge in [0.15, 0.2) is 5.78 Å². The van der Waals surface area contributed by atoms with Crippen LogP contribution in [-0.4, -0.2) is 101 Å². The number of aliphatic hydroxyl groups is 1. The molecule has 3 rings (SSSR count). The molecule has 5 amide bonds. The minimum absolute atomic E-state index is 0.0884. The van der Waals surface area contributed by atoms with E-state index in [0.717, 1.165) is 62.7 Å². The first-order chi connectivity index (χ1) is 27.2. The molecule has 0 aliphatic heterocycles. The van der Waals surface area contributed by atoms with E-state index in [1.165, 1.54) is 20.8 Å². The largest absolute Gasteiger partial charge is 0.391 e. The molecule has 0 heterocycles. The average Bonchev–Trinajstić information content (AvgIpc) is 3.19. The Morgan fingerprint density at radius 3 is 1.68 bits per heavy atom. The highest BCUT2D eigenvalue weighted by Gasteiger charge is 2.33. The number of rotatable bonds is 23. The lowest BCUT2D eigenvalue weighted by Gasteiger charge is -2.28. The fraction of sp³-hybridized carbons (Fsp3) is 0.591. The monoisotopic (exact) mass is 790 g/mol. The van der Waals surface area contributed by atoms with Crippen molar-refractivity contribution in [3.05, 3.63) is 71.8 Å². The van der Waals surface area contributed by atoms with Gasteiger partial charge in [-0.2, -0.15) is 0 Å². The molecular formula is C44H66N6O7. The summed E-state index contributed by atoms with van der Waals surface area (Å²) in [6.07, 6.45) is 5.31. The third kappa shape index (κ3) is 16.0. The number of benzene rings is 2. The van der Waals surface area contributed by atoms with E-state index in [4.69, 9.17) is 0 Å². The van der Waals surface area contributed by atoms with Gasteiger partial charge >= 0.3 is 0 Å². The molecule has 6 N–H and O–H groups in total. The molecule has 1 saturated carbocycles. The standard InChI is InChI=1S/C44H66N6O7/c1-7-50(29(2)3)26-18-17-25-36(42(55)49-39(31(5)51)32(6)52)46-44(57)38(28-34-21-13-9-14-22-34)47-40(53)30(4)45-43(56)37(27-33-19-11-8-12-20-33)48-41(54)35-23-15-10-16-24-35/h8-9,11-14,19-22,29-31,35-39,51H,7,10,15-18,23-28H2,1-6H3,(H,45,56)(H,46,57)(H,47,53)(H,48,54)(H,49,55)/t30-,31+,36-,37?,38?,39?/m0/s1. The van der Waals surface area contributed by atoms with Crippen molar-refractivity contribution < 1.29 is 33.9 Å². The molecule has 57 heavy (non-hydrogen) atoms. The summed E-state index contributed by atoms with van der Waals surface area (Å²) in [5.41, 5.74) is 1.60. The second-order valence-electron chi connectivity index (χ2n) is 15.7. The Labute approximate surface area is 338 Å². The minimum Gasteiger partial charge on any atom is -0.391 e. The highest BCUT2D eigenvalue weighted by Crippen LogP contribution is 2.24. The van der Waals surface area contributed by atoms with E-state index in [2.05, 4.69) is 52.3 Å². The summed E-state index contributed by atoms with van der Waals surface area (Å²) in [5, 5.41) is 24.1. The summed E-state index contributed by atoms with van der Waals surface area (Å²) in [4.78, 5) is 83.1. The molecule has 1 fully saturated rings. The highest BCUT2D eigenvalue weighted by atomic mass is 16.3. The van der Waals surface area contributed by atoms with Crippen molar-refractivity contribution in [3.8, 4) is 0 Å². The number of unbranched alkanes of at least 4 members (excludes halogenated alkanes) is 1. The average molecular weight is 791 g/mol. The molecule has 1 aliphatic rings. The van der Waals surface area contributed by atoms with Crippen LogP contribution in [0.15, 0.2) is 60.7 Å². The van der Waals surface area contributed by atoms with Crippen molar-refractivity contribution in [2.75, 3.05) is 13.1 Å². The van der Waals surface area contributed by atoms with Gasteiger partial charge in [0, 0.05) is 24.8 Å². The van der Waals surface area contributed by atoms with Gasteiger partial charge in [-0.15, -0.1) is 0 Å². The second kappa shape index (κ2) is 24.2. The first kappa shape index (κ1) is 46.8. The van der Waals surface area contributed by atoms with Crippen LogP contribution in [0.4, 0.5) is 0 Å².